The third-order valence-corrected chi connectivity index (χ3v) is 5.35. The average molecular weight is 268 g/mol. The van der Waals surface area contributed by atoms with Crippen molar-refractivity contribution in [1.29, 1.82) is 0 Å². The first kappa shape index (κ1) is 15.0. The summed E-state index contributed by atoms with van der Waals surface area (Å²) in [7, 11) is 0. The lowest BCUT2D eigenvalue weighted by atomic mass is 9.77. The number of rotatable bonds is 1. The second-order valence-corrected chi connectivity index (χ2v) is 8.35. The molecule has 0 aliphatic carbocycles. The number of carbonyl (C=O) groups excluding carboxylic acids is 1. The number of quaternary nitrogens is 2. The first-order valence-corrected chi connectivity index (χ1v) is 7.87. The van der Waals surface area contributed by atoms with E-state index in [0.717, 1.165) is 13.0 Å². The van der Waals surface area contributed by atoms with Crippen molar-refractivity contribution in [3.8, 4) is 0 Å². The highest BCUT2D eigenvalue weighted by Crippen LogP contribution is 2.21. The van der Waals surface area contributed by atoms with Gasteiger partial charge in [-0.2, -0.15) is 0 Å². The van der Waals surface area contributed by atoms with Crippen LogP contribution in [0.5, 0.6) is 0 Å². The zero-order chi connectivity index (χ0) is 14.4. The quantitative estimate of drug-likeness (QED) is 0.698. The molecule has 0 saturated carbocycles. The summed E-state index contributed by atoms with van der Waals surface area (Å²) >= 11 is 0. The second-order valence-electron chi connectivity index (χ2n) is 8.35. The maximum atomic E-state index is 11.9. The van der Waals surface area contributed by atoms with Gasteiger partial charge in [0, 0.05) is 0 Å². The molecule has 2 saturated heterocycles. The molecule has 3 nitrogen and oxygen atoms in total. The fourth-order valence-corrected chi connectivity index (χ4v) is 4.68. The average Bonchev–Trinajstić information content (AvgIpc) is 2.21. The Hall–Kier alpha value is -0.410. The summed E-state index contributed by atoms with van der Waals surface area (Å²) in [6.45, 7) is 14.9. The molecule has 110 valence electrons. The van der Waals surface area contributed by atoms with Crippen LogP contribution in [0.4, 0.5) is 0 Å². The highest BCUT2D eigenvalue weighted by atomic mass is 16.1. The molecule has 0 aromatic rings. The zero-order valence-electron chi connectivity index (χ0n) is 13.5. The number of nitrogens with one attached hydrogen (secondary N) is 1. The Bertz CT molecular complexity index is 346. The summed E-state index contributed by atoms with van der Waals surface area (Å²) in [6.07, 6.45) is 3.30. The largest absolute Gasteiger partial charge is 0.337 e. The van der Waals surface area contributed by atoms with Crippen molar-refractivity contribution in [2.75, 3.05) is 6.54 Å². The van der Waals surface area contributed by atoms with Gasteiger partial charge in [-0.25, -0.2) is 0 Å². The van der Waals surface area contributed by atoms with E-state index >= 15 is 0 Å². The molecule has 0 aromatic carbocycles. The molecular formula is C16H32N2O+2. The van der Waals surface area contributed by atoms with E-state index in [1.54, 1.807) is 4.90 Å². The van der Waals surface area contributed by atoms with E-state index in [0.29, 0.717) is 28.9 Å². The van der Waals surface area contributed by atoms with Crippen LogP contribution < -0.4 is 10.2 Å². The van der Waals surface area contributed by atoms with Gasteiger partial charge < -0.3 is 10.2 Å². The fourth-order valence-electron chi connectivity index (χ4n) is 4.68. The number of ketones is 1. The normalized spacial score (nSPS) is 39.3. The van der Waals surface area contributed by atoms with Crippen LogP contribution in [0.25, 0.3) is 0 Å². The Balaban J connectivity index is 2.15. The van der Waals surface area contributed by atoms with Crippen molar-refractivity contribution in [1.82, 2.24) is 0 Å². The Labute approximate surface area is 118 Å². The first-order valence-electron chi connectivity index (χ1n) is 7.87. The highest BCUT2D eigenvalue weighted by molar-refractivity contribution is 5.81. The van der Waals surface area contributed by atoms with Gasteiger partial charge in [0.2, 0.25) is 0 Å². The zero-order valence-corrected chi connectivity index (χ0v) is 13.5. The van der Waals surface area contributed by atoms with Gasteiger partial charge in [0.25, 0.3) is 0 Å². The molecule has 0 spiro atoms. The van der Waals surface area contributed by atoms with Gasteiger partial charge in [0.1, 0.15) is 5.78 Å². The third-order valence-electron chi connectivity index (χ3n) is 5.35. The van der Waals surface area contributed by atoms with E-state index in [4.69, 9.17) is 0 Å². The number of hydrogen-bond acceptors (Lipinski definition) is 1. The fraction of sp³-hybridized carbons (Fsp3) is 0.938. The molecule has 3 heteroatoms. The minimum absolute atomic E-state index is 0.237. The summed E-state index contributed by atoms with van der Waals surface area (Å²) < 4.78 is 0. The van der Waals surface area contributed by atoms with Gasteiger partial charge in [-0.3, -0.25) is 4.79 Å². The van der Waals surface area contributed by atoms with Crippen LogP contribution in [0.15, 0.2) is 0 Å². The van der Waals surface area contributed by atoms with Crippen molar-refractivity contribution in [3.63, 3.8) is 0 Å². The predicted octanol–water partition coefficient (Wildman–Crippen LogP) is 0.152. The number of piperidine rings is 2. The smallest absolute Gasteiger partial charge is 0.147 e. The van der Waals surface area contributed by atoms with Gasteiger partial charge in [0.15, 0.2) is 0 Å². The number of carbonyl (C=O) groups is 1. The van der Waals surface area contributed by atoms with Gasteiger partial charge in [-0.05, 0) is 41.5 Å². The summed E-state index contributed by atoms with van der Waals surface area (Å²) in [5, 5.41) is 2.54. The summed E-state index contributed by atoms with van der Waals surface area (Å²) in [5.74, 6) is 0.707. The molecule has 0 radical (unpaired) electrons. The van der Waals surface area contributed by atoms with Gasteiger partial charge in [-0.15, -0.1) is 0 Å². The molecule has 0 amide bonds. The number of nitrogens with two attached hydrogens (primary N) is 1. The lowest BCUT2D eigenvalue weighted by Crippen LogP contribution is -3.23. The molecule has 0 bridgehead atoms. The monoisotopic (exact) mass is 268 g/mol. The first-order chi connectivity index (χ1) is 8.61. The van der Waals surface area contributed by atoms with E-state index in [-0.39, 0.29) is 5.92 Å². The van der Waals surface area contributed by atoms with Crippen LogP contribution in [0, 0.1) is 5.92 Å². The van der Waals surface area contributed by atoms with Crippen LogP contribution in [-0.4, -0.2) is 35.5 Å². The number of Topliss-reactive ketones (excluding diaryl/α,β-unsaturated/α-hetero) is 1. The molecular weight excluding hydrogens is 236 g/mol. The van der Waals surface area contributed by atoms with E-state index in [2.05, 4.69) is 46.9 Å². The Kier molecular flexibility index (Phi) is 3.83. The Morgan fingerprint density at radius 3 is 2.16 bits per heavy atom. The maximum Gasteiger partial charge on any atom is 0.147 e. The minimum Gasteiger partial charge on any atom is -0.337 e. The van der Waals surface area contributed by atoms with Crippen LogP contribution in [-0.2, 0) is 4.79 Å². The molecule has 3 N–H and O–H groups in total. The summed E-state index contributed by atoms with van der Waals surface area (Å²) in [6, 6.07) is 1.19. The van der Waals surface area contributed by atoms with Crippen LogP contribution >= 0.6 is 0 Å². The number of likely N-dealkylation sites (tertiary alicyclic amines) is 1. The molecule has 2 aliphatic heterocycles. The molecule has 2 fully saturated rings. The molecule has 1 unspecified atom stereocenters. The van der Waals surface area contributed by atoms with E-state index in [9.17, 15) is 4.79 Å². The van der Waals surface area contributed by atoms with Crippen molar-refractivity contribution in [2.45, 2.75) is 84.0 Å². The number of hydrogen-bond donors (Lipinski definition) is 2. The van der Waals surface area contributed by atoms with E-state index in [1.807, 2.05) is 0 Å². The van der Waals surface area contributed by atoms with Gasteiger partial charge in [-0.1, -0.05) is 0 Å². The van der Waals surface area contributed by atoms with Crippen LogP contribution in [0.1, 0.15) is 60.8 Å². The third kappa shape index (κ3) is 3.19. The Morgan fingerprint density at radius 1 is 1.11 bits per heavy atom. The summed E-state index contributed by atoms with van der Waals surface area (Å²) in [4.78, 5) is 13.5. The topological polar surface area (TPSA) is 38.1 Å². The standard InChI is InChI=1S/C16H30N2O/c1-11-12(2)18(8-7-14(11)19)13-9-15(3,4)17-16(5,6)10-13/h11-13,17H,7-10H2,1-6H3/p+2/t11-,12+/m1/s1. The van der Waals surface area contributed by atoms with Gasteiger partial charge in [0.05, 0.1) is 54.9 Å². The minimum atomic E-state index is 0.237. The summed E-state index contributed by atoms with van der Waals surface area (Å²) in [5.41, 5.74) is 0.646. The Morgan fingerprint density at radius 2 is 1.63 bits per heavy atom. The van der Waals surface area contributed by atoms with Crippen LogP contribution in [0.3, 0.4) is 0 Å². The molecule has 2 heterocycles. The molecule has 2 rings (SSSR count). The predicted molar refractivity (Wildman–Crippen MR) is 77.2 cm³/mol. The molecule has 0 aromatic heterocycles. The van der Waals surface area contributed by atoms with Crippen molar-refractivity contribution in [2.24, 2.45) is 5.92 Å². The highest BCUT2D eigenvalue weighted by Gasteiger charge is 2.48. The van der Waals surface area contributed by atoms with Crippen molar-refractivity contribution in [3.05, 3.63) is 0 Å². The lowest BCUT2D eigenvalue weighted by molar-refractivity contribution is -0.966. The second kappa shape index (κ2) is 4.85. The van der Waals surface area contributed by atoms with Gasteiger partial charge >= 0.3 is 0 Å². The lowest BCUT2D eigenvalue weighted by Gasteiger charge is -2.48. The molecule has 3 atom stereocenters. The van der Waals surface area contributed by atoms with E-state index in [1.165, 1.54) is 12.8 Å². The maximum absolute atomic E-state index is 11.9. The SMILES string of the molecule is C[C@H]1C(=O)CC[NH+](C2CC(C)(C)[NH2+]C(C)(C)C2)[C@H]1C. The van der Waals surface area contributed by atoms with Crippen molar-refractivity contribution < 1.29 is 15.0 Å². The van der Waals surface area contributed by atoms with Crippen molar-refractivity contribution >= 4 is 5.78 Å². The molecule has 19 heavy (non-hydrogen) atoms. The van der Waals surface area contributed by atoms with E-state index < -0.39 is 0 Å². The van der Waals surface area contributed by atoms with Crippen LogP contribution in [0.2, 0.25) is 0 Å². The molecule has 2 aliphatic rings.